The van der Waals surface area contributed by atoms with Gasteiger partial charge < -0.3 is 28.9 Å². The van der Waals surface area contributed by atoms with Gasteiger partial charge in [0.2, 0.25) is 0 Å². The van der Waals surface area contributed by atoms with E-state index in [4.69, 9.17) is 14.0 Å². The number of hydrogen-bond donors (Lipinski definition) is 2. The summed E-state index contributed by atoms with van der Waals surface area (Å²) in [5, 5.41) is 10.1. The third-order valence-corrected chi connectivity index (χ3v) is 8.78. The molecule has 2 N–H and O–H groups in total. The maximum Gasteiger partial charge on any atom is 0.695 e. The van der Waals surface area contributed by atoms with Crippen molar-refractivity contribution in [1.29, 1.82) is 0 Å². The van der Waals surface area contributed by atoms with Gasteiger partial charge in [-0.25, -0.2) is 8.78 Å². The maximum atomic E-state index is 15.5. The van der Waals surface area contributed by atoms with Crippen LogP contribution in [-0.2, 0) is 13.8 Å². The summed E-state index contributed by atoms with van der Waals surface area (Å²) in [4.78, 5) is 26.1. The van der Waals surface area contributed by atoms with Gasteiger partial charge in [0, 0.05) is 59.9 Å². The summed E-state index contributed by atoms with van der Waals surface area (Å²) >= 11 is 0. The number of piperidine rings is 1. The highest BCUT2D eigenvalue weighted by molar-refractivity contribution is 7.32. The van der Waals surface area contributed by atoms with E-state index in [1.54, 1.807) is 28.1 Å². The molecule has 10 nitrogen and oxygen atoms in total. The Balaban J connectivity index is 1.22. The summed E-state index contributed by atoms with van der Waals surface area (Å²) in [5.74, 6) is -1.22. The standard InChI is InChI=1S/C30H30F2N3O7P/c1-18(36)23-16-35(20-3-4-20)26-15-27(24(31)14-22(26)29(23)37)33-9-7-30(8-10-33,42-43(38)39)17-41-28-6-5-21(13-25(28)32)34-11-12-40-19(34)2/h5-6,13-16,20H,1-4,7-12,17H2,(H-,36,38,39)/p+1. The number of halogens is 2. The summed E-state index contributed by atoms with van der Waals surface area (Å²) in [5.41, 5.74) is -0.307. The molecule has 1 atom stereocenters. The number of aliphatic hydroxyl groups excluding tert-OH is 1. The fraction of sp³-hybridized carbons (Fsp3) is 0.367. The first-order valence-electron chi connectivity index (χ1n) is 13.9. The predicted molar refractivity (Wildman–Crippen MR) is 158 cm³/mol. The third kappa shape index (κ3) is 5.70. The topological polar surface area (TPSA) is 114 Å². The van der Waals surface area contributed by atoms with Crippen molar-refractivity contribution in [2.45, 2.75) is 37.3 Å². The van der Waals surface area contributed by atoms with Gasteiger partial charge in [-0.3, -0.25) is 4.79 Å². The van der Waals surface area contributed by atoms with Gasteiger partial charge in [-0.2, -0.15) is 0 Å². The first-order valence-corrected chi connectivity index (χ1v) is 15.1. The summed E-state index contributed by atoms with van der Waals surface area (Å²) in [6, 6.07) is 7.39. The van der Waals surface area contributed by atoms with Crippen molar-refractivity contribution in [3.05, 3.63) is 83.0 Å². The normalized spacial score (nSPS) is 18.6. The molecular formula is C30H31F2N3O7P+. The molecule has 13 heteroatoms. The van der Waals surface area contributed by atoms with Gasteiger partial charge in [0.15, 0.2) is 28.5 Å². The van der Waals surface area contributed by atoms with Crippen LogP contribution >= 0.6 is 8.25 Å². The lowest BCUT2D eigenvalue weighted by Gasteiger charge is -2.38. The number of fused-ring (bicyclic) bond motifs is 1. The zero-order valence-electron chi connectivity index (χ0n) is 23.3. The van der Waals surface area contributed by atoms with E-state index >= 15 is 4.39 Å². The van der Waals surface area contributed by atoms with Crippen LogP contribution in [0.2, 0.25) is 0 Å². The lowest BCUT2D eigenvalue weighted by Crippen LogP contribution is -2.49. The molecule has 3 aromatic rings. The molecule has 3 heterocycles. The number of hydrogen-bond acceptors (Lipinski definition) is 8. The van der Waals surface area contributed by atoms with E-state index in [2.05, 4.69) is 13.2 Å². The zero-order chi connectivity index (χ0) is 30.5. The van der Waals surface area contributed by atoms with Crippen LogP contribution < -0.4 is 20.0 Å². The van der Waals surface area contributed by atoms with Crippen LogP contribution in [0.15, 0.2) is 60.4 Å². The Bertz CT molecular complexity index is 1700. The first-order chi connectivity index (χ1) is 20.5. The minimum Gasteiger partial charge on any atom is -0.508 e. The summed E-state index contributed by atoms with van der Waals surface area (Å²) < 4.78 is 60.6. The van der Waals surface area contributed by atoms with Gasteiger partial charge in [0.05, 0.1) is 23.3 Å². The number of aliphatic hydroxyl groups is 1. The third-order valence-electron chi connectivity index (χ3n) is 8.24. The maximum absolute atomic E-state index is 15.5. The zero-order valence-corrected chi connectivity index (χ0v) is 24.2. The Kier molecular flexibility index (Phi) is 7.62. The molecule has 226 valence electrons. The molecule has 1 saturated carbocycles. The van der Waals surface area contributed by atoms with E-state index in [0.29, 0.717) is 30.2 Å². The Morgan fingerprint density at radius 3 is 2.49 bits per heavy atom. The second kappa shape index (κ2) is 11.3. The van der Waals surface area contributed by atoms with Crippen LogP contribution in [0.1, 0.15) is 37.3 Å². The molecule has 1 aliphatic carbocycles. The van der Waals surface area contributed by atoms with E-state index in [9.17, 15) is 23.7 Å². The average Bonchev–Trinajstić information content (AvgIpc) is 3.72. The molecule has 3 fully saturated rings. The molecule has 2 saturated heterocycles. The van der Waals surface area contributed by atoms with Crippen molar-refractivity contribution in [2.75, 3.05) is 42.6 Å². The van der Waals surface area contributed by atoms with Gasteiger partial charge in [-0.05, 0) is 43.7 Å². The van der Waals surface area contributed by atoms with Crippen molar-refractivity contribution in [3.8, 4) is 5.75 Å². The molecule has 0 bridgehead atoms. The number of anilines is 2. The summed E-state index contributed by atoms with van der Waals surface area (Å²) in [6.45, 7) is 8.56. The highest BCUT2D eigenvalue weighted by atomic mass is 31.1. The molecule has 0 spiro atoms. The molecule has 0 radical (unpaired) electrons. The molecular weight excluding hydrogens is 583 g/mol. The van der Waals surface area contributed by atoms with Gasteiger partial charge >= 0.3 is 8.25 Å². The summed E-state index contributed by atoms with van der Waals surface area (Å²) in [6.07, 6.45) is 3.74. The Labute approximate surface area is 246 Å². The van der Waals surface area contributed by atoms with E-state index in [1.165, 1.54) is 18.2 Å². The number of benzene rings is 2. The van der Waals surface area contributed by atoms with Crippen molar-refractivity contribution in [2.24, 2.45) is 0 Å². The number of pyridine rings is 1. The highest BCUT2D eigenvalue weighted by Crippen LogP contribution is 2.41. The second-order valence-electron chi connectivity index (χ2n) is 11.1. The van der Waals surface area contributed by atoms with Crippen LogP contribution in [0, 0.1) is 11.6 Å². The predicted octanol–water partition coefficient (Wildman–Crippen LogP) is 5.54. The quantitative estimate of drug-likeness (QED) is 0.237. The Hall–Kier alpha value is -3.99. The van der Waals surface area contributed by atoms with E-state index in [1.807, 2.05) is 4.57 Å². The lowest BCUT2D eigenvalue weighted by molar-refractivity contribution is -0.00383. The minimum atomic E-state index is -3.00. The molecule has 6 rings (SSSR count). The van der Waals surface area contributed by atoms with Crippen LogP contribution in [0.4, 0.5) is 20.2 Å². The van der Waals surface area contributed by atoms with Gasteiger partial charge in [0.1, 0.15) is 24.8 Å². The number of nitrogens with zero attached hydrogens (tertiary/aromatic N) is 3. The van der Waals surface area contributed by atoms with Gasteiger partial charge in [-0.15, -0.1) is 9.42 Å². The van der Waals surface area contributed by atoms with Crippen LogP contribution in [0.25, 0.3) is 16.7 Å². The largest absolute Gasteiger partial charge is 0.695 e. The fourth-order valence-electron chi connectivity index (χ4n) is 5.76. The Morgan fingerprint density at radius 2 is 1.88 bits per heavy atom. The molecule has 3 aliphatic rings. The number of rotatable bonds is 9. The van der Waals surface area contributed by atoms with Crippen molar-refractivity contribution < 1.29 is 37.3 Å². The smallest absolute Gasteiger partial charge is 0.508 e. The average molecular weight is 615 g/mol. The first kappa shape index (κ1) is 29.1. The van der Waals surface area contributed by atoms with Crippen molar-refractivity contribution in [3.63, 3.8) is 0 Å². The molecule has 1 aromatic heterocycles. The molecule has 2 aliphatic heterocycles. The number of ether oxygens (including phenoxy) is 2. The van der Waals surface area contributed by atoms with E-state index in [-0.39, 0.29) is 66.7 Å². The van der Waals surface area contributed by atoms with Crippen LogP contribution in [0.5, 0.6) is 5.75 Å². The SMILES string of the molecule is C=C(O)c1cn(C2CC2)c2cc(N3CCC(COc4ccc(N5CCOC5=C)cc4F)(O[P+](=O)O)CC3)c(F)cc2c1=O. The van der Waals surface area contributed by atoms with Crippen molar-refractivity contribution in [1.82, 2.24) is 4.57 Å². The highest BCUT2D eigenvalue weighted by Gasteiger charge is 2.45. The molecule has 0 amide bonds. The summed E-state index contributed by atoms with van der Waals surface area (Å²) in [7, 11) is -3.00. The van der Waals surface area contributed by atoms with Gasteiger partial charge in [0.25, 0.3) is 0 Å². The van der Waals surface area contributed by atoms with Crippen LogP contribution in [0.3, 0.4) is 0 Å². The number of aromatic nitrogens is 1. The van der Waals surface area contributed by atoms with Crippen molar-refractivity contribution >= 4 is 36.3 Å². The molecule has 1 unspecified atom stereocenters. The van der Waals surface area contributed by atoms with E-state index < -0.39 is 30.9 Å². The molecule has 2 aromatic carbocycles. The lowest BCUT2D eigenvalue weighted by atomic mass is 9.92. The minimum absolute atomic E-state index is 0.0335. The Morgan fingerprint density at radius 1 is 1.14 bits per heavy atom. The monoisotopic (exact) mass is 614 g/mol. The molecule has 43 heavy (non-hydrogen) atoms. The van der Waals surface area contributed by atoms with Crippen LogP contribution in [-0.4, -0.2) is 53.0 Å². The van der Waals surface area contributed by atoms with E-state index in [0.717, 1.165) is 12.8 Å². The fourth-order valence-corrected chi connectivity index (χ4v) is 6.33. The van der Waals surface area contributed by atoms with Gasteiger partial charge in [-0.1, -0.05) is 6.58 Å². The second-order valence-corrected chi connectivity index (χ2v) is 11.7.